The van der Waals surface area contributed by atoms with E-state index in [0.29, 0.717) is 6.61 Å². The van der Waals surface area contributed by atoms with Crippen molar-refractivity contribution in [2.75, 3.05) is 26.7 Å². The summed E-state index contributed by atoms with van der Waals surface area (Å²) in [6, 6.07) is 12.1. The number of benzene rings is 2. The summed E-state index contributed by atoms with van der Waals surface area (Å²) in [7, 11) is 2.12. The minimum atomic E-state index is -0.360. The van der Waals surface area contributed by atoms with Gasteiger partial charge in [-0.1, -0.05) is 28.1 Å². The van der Waals surface area contributed by atoms with E-state index in [0.717, 1.165) is 52.4 Å². The van der Waals surface area contributed by atoms with E-state index in [1.54, 1.807) is 0 Å². The van der Waals surface area contributed by atoms with Crippen molar-refractivity contribution in [1.29, 1.82) is 0 Å². The van der Waals surface area contributed by atoms with Crippen molar-refractivity contribution < 1.29 is 13.5 Å². The largest absolute Gasteiger partial charge is 0.373 e. The molecule has 1 saturated heterocycles. The van der Waals surface area contributed by atoms with E-state index in [-0.39, 0.29) is 23.2 Å². The first kappa shape index (κ1) is 21.3. The third-order valence-corrected chi connectivity index (χ3v) is 6.65. The number of hydrogen-bond acceptors (Lipinski definition) is 3. The first-order valence-electron chi connectivity index (χ1n) is 10.2. The number of halogens is 3. The summed E-state index contributed by atoms with van der Waals surface area (Å²) >= 11 is 3.52. The van der Waals surface area contributed by atoms with Crippen LogP contribution in [0.25, 0.3) is 10.9 Å². The molecule has 0 aliphatic carbocycles. The predicted molar refractivity (Wildman–Crippen MR) is 119 cm³/mol. The Labute approximate surface area is 184 Å². The summed E-state index contributed by atoms with van der Waals surface area (Å²) in [5.41, 5.74) is 2.62. The van der Waals surface area contributed by atoms with Gasteiger partial charge >= 0.3 is 0 Å². The van der Waals surface area contributed by atoms with Gasteiger partial charge in [-0.25, -0.2) is 8.78 Å². The van der Waals surface area contributed by atoms with Gasteiger partial charge in [0.15, 0.2) is 0 Å². The zero-order valence-corrected chi connectivity index (χ0v) is 18.8. The van der Waals surface area contributed by atoms with E-state index in [4.69, 9.17) is 4.74 Å². The Hall–Kier alpha value is -1.89. The van der Waals surface area contributed by atoms with Crippen LogP contribution in [-0.2, 0) is 10.2 Å². The molecule has 1 unspecified atom stereocenters. The van der Waals surface area contributed by atoms with E-state index in [9.17, 15) is 8.78 Å². The predicted octanol–water partition coefficient (Wildman–Crippen LogP) is 6.02. The third-order valence-electron chi connectivity index (χ3n) is 6.19. The van der Waals surface area contributed by atoms with Gasteiger partial charge in [0.2, 0.25) is 0 Å². The maximum Gasteiger partial charge on any atom is 0.142 e. The summed E-state index contributed by atoms with van der Waals surface area (Å²) in [4.78, 5) is 6.62. The number of fused-ring (bicyclic) bond motifs is 1. The monoisotopic (exact) mass is 474 g/mol. The van der Waals surface area contributed by atoms with Crippen LogP contribution in [0.2, 0.25) is 0 Å². The van der Waals surface area contributed by atoms with Crippen molar-refractivity contribution in [3.8, 4) is 0 Å². The Balaban J connectivity index is 1.61. The first-order chi connectivity index (χ1) is 14.4. The van der Waals surface area contributed by atoms with Crippen LogP contribution in [0.15, 0.2) is 53.1 Å². The molecular weight excluding hydrogens is 450 g/mol. The molecule has 1 aromatic heterocycles. The van der Waals surface area contributed by atoms with E-state index in [1.807, 2.05) is 31.2 Å². The van der Waals surface area contributed by atoms with Crippen LogP contribution in [0.3, 0.4) is 0 Å². The lowest BCUT2D eigenvalue weighted by atomic mass is 9.73. The van der Waals surface area contributed by atoms with Gasteiger partial charge in [0.05, 0.1) is 24.4 Å². The topological polar surface area (TPSA) is 25.4 Å². The molecule has 4 rings (SSSR count). The van der Waals surface area contributed by atoms with Gasteiger partial charge in [0.1, 0.15) is 11.6 Å². The fourth-order valence-corrected chi connectivity index (χ4v) is 4.76. The van der Waals surface area contributed by atoms with Crippen molar-refractivity contribution in [3.63, 3.8) is 0 Å². The quantitative estimate of drug-likeness (QED) is 0.452. The fourth-order valence-electron chi connectivity index (χ4n) is 4.26. The van der Waals surface area contributed by atoms with E-state index in [2.05, 4.69) is 32.9 Å². The minimum absolute atomic E-state index is 0.157. The van der Waals surface area contributed by atoms with Crippen molar-refractivity contribution >= 4 is 26.8 Å². The van der Waals surface area contributed by atoms with Crippen molar-refractivity contribution in [1.82, 2.24) is 9.88 Å². The van der Waals surface area contributed by atoms with Crippen molar-refractivity contribution in [2.24, 2.45) is 0 Å². The molecule has 30 heavy (non-hydrogen) atoms. The number of ether oxygens (including phenoxy) is 1. The standard InChI is InChI=1S/C24H25BrF2N2O/c1-16(22-13-19(25)11-17-12-21(27)14-28-23(17)22)30-15-24(7-9-29(2)10-8-24)18-3-5-20(26)6-4-18/h3-6,11-14,16H,7-10,15H2,1-2H3. The third kappa shape index (κ3) is 4.41. The lowest BCUT2D eigenvalue weighted by molar-refractivity contribution is 0.00694. The molecule has 1 fully saturated rings. The minimum Gasteiger partial charge on any atom is -0.373 e. The van der Waals surface area contributed by atoms with Gasteiger partial charge in [0.25, 0.3) is 0 Å². The number of rotatable bonds is 5. The molecule has 0 amide bonds. The Morgan fingerprint density at radius 2 is 1.80 bits per heavy atom. The summed E-state index contributed by atoms with van der Waals surface area (Å²) in [5.74, 6) is -0.586. The van der Waals surface area contributed by atoms with E-state index in [1.165, 1.54) is 24.4 Å². The maximum absolute atomic E-state index is 13.7. The molecule has 158 valence electrons. The molecule has 0 N–H and O–H groups in total. The Kier molecular flexibility index (Phi) is 6.19. The molecule has 0 radical (unpaired) electrons. The molecule has 3 aromatic rings. The van der Waals surface area contributed by atoms with Crippen molar-refractivity contribution in [2.45, 2.75) is 31.3 Å². The van der Waals surface area contributed by atoms with Gasteiger partial charge in [-0.2, -0.15) is 0 Å². The molecule has 6 heteroatoms. The number of aromatic nitrogens is 1. The zero-order chi connectivity index (χ0) is 21.3. The van der Waals surface area contributed by atoms with Crippen molar-refractivity contribution in [3.05, 3.63) is 75.9 Å². The van der Waals surface area contributed by atoms with Crippen LogP contribution in [0.4, 0.5) is 8.78 Å². The molecule has 2 heterocycles. The van der Waals surface area contributed by atoms with E-state index >= 15 is 0 Å². The fraction of sp³-hybridized carbons (Fsp3) is 0.375. The molecule has 3 nitrogen and oxygen atoms in total. The van der Waals surface area contributed by atoms with Gasteiger partial charge in [-0.15, -0.1) is 0 Å². The number of piperidine rings is 1. The summed E-state index contributed by atoms with van der Waals surface area (Å²) < 4.78 is 34.4. The van der Waals surface area contributed by atoms with Gasteiger partial charge in [-0.05, 0) is 75.8 Å². The van der Waals surface area contributed by atoms with Crippen LogP contribution >= 0.6 is 15.9 Å². The second kappa shape index (κ2) is 8.69. The molecule has 0 saturated carbocycles. The normalized spacial score (nSPS) is 17.9. The summed E-state index contributed by atoms with van der Waals surface area (Å²) in [6.45, 7) is 4.47. The average molecular weight is 475 g/mol. The highest BCUT2D eigenvalue weighted by molar-refractivity contribution is 9.10. The Bertz CT molecular complexity index is 1030. The lowest BCUT2D eigenvalue weighted by Gasteiger charge is -2.41. The highest BCUT2D eigenvalue weighted by Crippen LogP contribution is 2.38. The van der Waals surface area contributed by atoms with E-state index < -0.39 is 0 Å². The SMILES string of the molecule is CC(OCC1(c2ccc(F)cc2)CCN(C)CC1)c1cc(Br)cc2cc(F)cnc12. The number of likely N-dealkylation sites (tertiary alicyclic amines) is 1. The maximum atomic E-state index is 13.7. The van der Waals surface area contributed by atoms with Crippen LogP contribution in [-0.4, -0.2) is 36.6 Å². The van der Waals surface area contributed by atoms with Gasteiger partial charge in [-0.3, -0.25) is 4.98 Å². The number of pyridine rings is 1. The highest BCUT2D eigenvalue weighted by atomic mass is 79.9. The van der Waals surface area contributed by atoms with Gasteiger partial charge in [0, 0.05) is 20.8 Å². The molecule has 1 aliphatic rings. The molecule has 0 bridgehead atoms. The summed E-state index contributed by atoms with van der Waals surface area (Å²) in [5, 5.41) is 0.738. The smallest absolute Gasteiger partial charge is 0.142 e. The van der Waals surface area contributed by atoms with Crippen LogP contribution in [0, 0.1) is 11.6 Å². The molecule has 2 aromatic carbocycles. The van der Waals surface area contributed by atoms with Crippen LogP contribution in [0.5, 0.6) is 0 Å². The van der Waals surface area contributed by atoms with Gasteiger partial charge < -0.3 is 9.64 Å². The van der Waals surface area contributed by atoms with Crippen LogP contribution < -0.4 is 0 Å². The average Bonchev–Trinajstić information content (AvgIpc) is 2.73. The Morgan fingerprint density at radius 1 is 1.10 bits per heavy atom. The lowest BCUT2D eigenvalue weighted by Crippen LogP contribution is -2.44. The first-order valence-corrected chi connectivity index (χ1v) is 11.0. The number of hydrogen-bond donors (Lipinski definition) is 0. The second-order valence-electron chi connectivity index (χ2n) is 8.26. The molecule has 0 spiro atoms. The Morgan fingerprint density at radius 3 is 2.50 bits per heavy atom. The molecular formula is C24H25BrF2N2O. The molecule has 1 aliphatic heterocycles. The second-order valence-corrected chi connectivity index (χ2v) is 9.18. The van der Waals surface area contributed by atoms with Crippen LogP contribution in [0.1, 0.15) is 37.0 Å². The number of nitrogens with zero attached hydrogens (tertiary/aromatic N) is 2. The molecule has 1 atom stereocenters. The summed E-state index contributed by atoms with van der Waals surface area (Å²) in [6.07, 6.45) is 2.92. The zero-order valence-electron chi connectivity index (χ0n) is 17.2. The highest BCUT2D eigenvalue weighted by Gasteiger charge is 2.36.